The Morgan fingerprint density at radius 2 is 1.85 bits per heavy atom. The van der Waals surface area contributed by atoms with Crippen molar-refractivity contribution in [3.63, 3.8) is 0 Å². The van der Waals surface area contributed by atoms with E-state index in [2.05, 4.69) is 14.8 Å². The molecule has 0 radical (unpaired) electrons. The molecule has 0 rings (SSSR count). The third-order valence-corrected chi connectivity index (χ3v) is 3.55. The topological polar surface area (TPSA) is 87.7 Å². The van der Waals surface area contributed by atoms with Gasteiger partial charge in [0.1, 0.15) is 0 Å². The summed E-state index contributed by atoms with van der Waals surface area (Å²) in [4.78, 5) is 13.4. The van der Waals surface area contributed by atoms with Crippen LogP contribution in [0.2, 0.25) is 0 Å². The average molecular weight is 309 g/mol. The Labute approximate surface area is 122 Å². The monoisotopic (exact) mass is 309 g/mol. The summed E-state index contributed by atoms with van der Waals surface area (Å²) >= 11 is 0. The number of nitrogens with one attached hydrogen (secondary N) is 2. The Hall–Kier alpha value is -0.860. The van der Waals surface area contributed by atoms with E-state index >= 15 is 0 Å². The fourth-order valence-electron chi connectivity index (χ4n) is 1.41. The summed E-state index contributed by atoms with van der Waals surface area (Å²) in [6, 6.07) is 0. The molecule has 0 aromatic heterocycles. The largest absolute Gasteiger partial charge is 0.423 e. The van der Waals surface area contributed by atoms with E-state index in [9.17, 15) is 13.2 Å². The molecular formula is C12H27N3O4S. The van der Waals surface area contributed by atoms with Gasteiger partial charge in [0.25, 0.3) is 0 Å². The number of amides is 1. The maximum atomic E-state index is 11.6. The molecule has 2 N–H and O–H groups in total. The first-order chi connectivity index (χ1) is 9.06. The highest BCUT2D eigenvalue weighted by atomic mass is 32.2. The van der Waals surface area contributed by atoms with Gasteiger partial charge in [0.15, 0.2) is 0 Å². The van der Waals surface area contributed by atoms with Crippen molar-refractivity contribution in [3.8, 4) is 0 Å². The zero-order valence-electron chi connectivity index (χ0n) is 13.0. The standard InChI is InChI=1S/C12H27N3O4S/c1-12(2,3)14-11(16)19-20(17,18)10-6-8-15(5)9-7-13-4/h13H,6-10H2,1-5H3,(H,14,16). The van der Waals surface area contributed by atoms with Crippen molar-refractivity contribution < 1.29 is 17.4 Å². The van der Waals surface area contributed by atoms with E-state index < -0.39 is 21.8 Å². The normalized spacial score (nSPS) is 12.5. The molecule has 0 bridgehead atoms. The number of hydrogen-bond acceptors (Lipinski definition) is 6. The lowest BCUT2D eigenvalue weighted by atomic mass is 10.1. The molecule has 0 saturated carbocycles. The van der Waals surface area contributed by atoms with Crippen LogP contribution in [0.25, 0.3) is 0 Å². The van der Waals surface area contributed by atoms with Crippen LogP contribution in [0.5, 0.6) is 0 Å². The molecule has 0 aromatic rings. The fourth-order valence-corrected chi connectivity index (χ4v) is 2.25. The maximum absolute atomic E-state index is 11.6. The molecule has 0 spiro atoms. The van der Waals surface area contributed by atoms with Gasteiger partial charge in [-0.25, -0.2) is 4.79 Å². The molecule has 7 nitrogen and oxygen atoms in total. The van der Waals surface area contributed by atoms with Crippen molar-refractivity contribution in [1.29, 1.82) is 0 Å². The van der Waals surface area contributed by atoms with Crippen LogP contribution in [0.4, 0.5) is 4.79 Å². The van der Waals surface area contributed by atoms with E-state index in [-0.39, 0.29) is 5.75 Å². The molecule has 1 amide bonds. The molecule has 20 heavy (non-hydrogen) atoms. The minimum absolute atomic E-state index is 0.172. The van der Waals surface area contributed by atoms with Crippen LogP contribution in [-0.2, 0) is 14.3 Å². The second kappa shape index (κ2) is 8.43. The molecule has 0 fully saturated rings. The Morgan fingerprint density at radius 1 is 1.25 bits per heavy atom. The van der Waals surface area contributed by atoms with Crippen molar-refractivity contribution >= 4 is 16.2 Å². The highest BCUT2D eigenvalue weighted by Gasteiger charge is 2.21. The van der Waals surface area contributed by atoms with Crippen LogP contribution in [0, 0.1) is 0 Å². The molecule has 0 aliphatic rings. The lowest BCUT2D eigenvalue weighted by molar-refractivity contribution is 0.192. The van der Waals surface area contributed by atoms with Gasteiger partial charge >= 0.3 is 16.2 Å². The first kappa shape index (κ1) is 19.1. The Bertz CT molecular complexity index is 390. The van der Waals surface area contributed by atoms with Gasteiger partial charge in [0.2, 0.25) is 0 Å². The molecule has 0 aliphatic carbocycles. The minimum atomic E-state index is -3.82. The number of likely N-dealkylation sites (N-methyl/N-ethyl adjacent to an activating group) is 2. The van der Waals surface area contributed by atoms with Crippen molar-refractivity contribution in [2.45, 2.75) is 32.7 Å². The Kier molecular flexibility index (Phi) is 8.07. The Morgan fingerprint density at radius 3 is 2.35 bits per heavy atom. The quantitative estimate of drug-likeness (QED) is 0.630. The van der Waals surface area contributed by atoms with Crippen molar-refractivity contribution in [2.24, 2.45) is 0 Å². The number of carbonyl (C=O) groups is 1. The highest BCUT2D eigenvalue weighted by Crippen LogP contribution is 2.03. The zero-order valence-corrected chi connectivity index (χ0v) is 13.8. The lowest BCUT2D eigenvalue weighted by Gasteiger charge is -2.20. The van der Waals surface area contributed by atoms with Gasteiger partial charge in [-0.3, -0.25) is 0 Å². The average Bonchev–Trinajstić information content (AvgIpc) is 2.22. The second-order valence-electron chi connectivity index (χ2n) is 5.77. The van der Waals surface area contributed by atoms with Crippen LogP contribution in [0.15, 0.2) is 0 Å². The van der Waals surface area contributed by atoms with E-state index in [0.29, 0.717) is 13.0 Å². The summed E-state index contributed by atoms with van der Waals surface area (Å²) in [5.41, 5.74) is -0.528. The molecule has 0 aromatic carbocycles. The van der Waals surface area contributed by atoms with Crippen LogP contribution < -0.4 is 10.6 Å². The van der Waals surface area contributed by atoms with E-state index in [4.69, 9.17) is 0 Å². The van der Waals surface area contributed by atoms with Gasteiger partial charge in [0.05, 0.1) is 5.75 Å². The summed E-state index contributed by atoms with van der Waals surface area (Å²) < 4.78 is 27.7. The van der Waals surface area contributed by atoms with Gasteiger partial charge in [0, 0.05) is 18.6 Å². The van der Waals surface area contributed by atoms with Gasteiger partial charge in [-0.05, 0) is 47.8 Å². The first-order valence-corrected chi connectivity index (χ1v) is 8.21. The smallest absolute Gasteiger partial charge is 0.328 e. The van der Waals surface area contributed by atoms with E-state index in [1.54, 1.807) is 20.8 Å². The third-order valence-electron chi connectivity index (χ3n) is 2.36. The fraction of sp³-hybridized carbons (Fsp3) is 0.917. The van der Waals surface area contributed by atoms with E-state index in [0.717, 1.165) is 13.1 Å². The third kappa shape index (κ3) is 11.0. The SMILES string of the molecule is CNCCN(C)CCCS(=O)(=O)OC(=O)NC(C)(C)C. The van der Waals surface area contributed by atoms with Crippen LogP contribution in [0.3, 0.4) is 0 Å². The van der Waals surface area contributed by atoms with Crippen LogP contribution >= 0.6 is 0 Å². The van der Waals surface area contributed by atoms with Crippen molar-refractivity contribution in [2.75, 3.05) is 39.5 Å². The van der Waals surface area contributed by atoms with Gasteiger partial charge in [-0.2, -0.15) is 8.42 Å². The lowest BCUT2D eigenvalue weighted by Crippen LogP contribution is -2.42. The van der Waals surface area contributed by atoms with Crippen molar-refractivity contribution in [3.05, 3.63) is 0 Å². The van der Waals surface area contributed by atoms with Crippen molar-refractivity contribution in [1.82, 2.24) is 15.5 Å². The summed E-state index contributed by atoms with van der Waals surface area (Å²) in [7, 11) is -0.0488. The number of hydrogen-bond donors (Lipinski definition) is 2. The molecule has 0 heterocycles. The number of nitrogens with zero attached hydrogens (tertiary/aromatic N) is 1. The van der Waals surface area contributed by atoms with E-state index in [1.165, 1.54) is 0 Å². The van der Waals surface area contributed by atoms with Gasteiger partial charge in [-0.15, -0.1) is 0 Å². The van der Waals surface area contributed by atoms with Gasteiger partial charge in [-0.1, -0.05) is 0 Å². The summed E-state index contributed by atoms with van der Waals surface area (Å²) in [5.74, 6) is -0.172. The number of rotatable bonds is 8. The highest BCUT2D eigenvalue weighted by molar-refractivity contribution is 7.87. The molecule has 0 aliphatic heterocycles. The van der Waals surface area contributed by atoms with E-state index in [1.807, 2.05) is 19.0 Å². The predicted molar refractivity (Wildman–Crippen MR) is 79.2 cm³/mol. The van der Waals surface area contributed by atoms with Crippen LogP contribution in [0.1, 0.15) is 27.2 Å². The predicted octanol–water partition coefficient (Wildman–Crippen LogP) is 0.382. The second-order valence-corrected chi connectivity index (χ2v) is 7.46. The first-order valence-electron chi connectivity index (χ1n) is 6.63. The Balaban J connectivity index is 4.05. The maximum Gasteiger partial charge on any atom is 0.423 e. The van der Waals surface area contributed by atoms with Crippen LogP contribution in [-0.4, -0.2) is 64.4 Å². The summed E-state index contributed by atoms with van der Waals surface area (Å²) in [6.07, 6.45) is -0.508. The molecular weight excluding hydrogens is 282 g/mol. The summed E-state index contributed by atoms with van der Waals surface area (Å²) in [5, 5.41) is 5.46. The molecule has 8 heteroatoms. The molecule has 0 saturated heterocycles. The summed E-state index contributed by atoms with van der Waals surface area (Å²) in [6.45, 7) is 7.55. The zero-order chi connectivity index (χ0) is 15.8. The molecule has 0 unspecified atom stereocenters. The molecule has 120 valence electrons. The number of carbonyl (C=O) groups excluding carboxylic acids is 1. The molecule has 0 atom stereocenters. The minimum Gasteiger partial charge on any atom is -0.328 e. The van der Waals surface area contributed by atoms with Gasteiger partial charge < -0.3 is 19.7 Å².